The van der Waals surface area contributed by atoms with Gasteiger partial charge in [0.1, 0.15) is 12.4 Å². The fraction of sp³-hybridized carbons (Fsp3) is 0.588. The van der Waals surface area contributed by atoms with Crippen LogP contribution in [-0.4, -0.2) is 76.7 Å². The number of halogens is 1. The van der Waals surface area contributed by atoms with Crippen molar-refractivity contribution < 1.29 is 13.2 Å². The molecule has 0 radical (unpaired) electrons. The average molecular weight is 405 g/mol. The van der Waals surface area contributed by atoms with E-state index in [1.54, 1.807) is 33.2 Å². The summed E-state index contributed by atoms with van der Waals surface area (Å²) in [6.07, 6.45) is 0.698. The average Bonchev–Trinajstić information content (AvgIpc) is 2.63. The van der Waals surface area contributed by atoms with Crippen molar-refractivity contribution in [2.75, 3.05) is 53.1 Å². The lowest BCUT2D eigenvalue weighted by Crippen LogP contribution is -2.42. The smallest absolute Gasteiger partial charge is 0.213 e. The summed E-state index contributed by atoms with van der Waals surface area (Å²) in [4.78, 5) is 6.19. The zero-order valence-corrected chi connectivity index (χ0v) is 17.5. The van der Waals surface area contributed by atoms with E-state index in [1.165, 1.54) is 4.31 Å². The SMILES string of the molecule is CCS(=O)(=O)N(C)CCCNC(=NC)N(C)CCOc1ccc(Cl)cc1. The number of nitrogens with one attached hydrogen (secondary N) is 1. The van der Waals surface area contributed by atoms with E-state index >= 15 is 0 Å². The lowest BCUT2D eigenvalue weighted by atomic mass is 10.3. The van der Waals surface area contributed by atoms with E-state index in [1.807, 2.05) is 24.1 Å². The third-order valence-electron chi connectivity index (χ3n) is 3.86. The molecule has 0 fully saturated rings. The number of rotatable bonds is 10. The van der Waals surface area contributed by atoms with Crippen LogP contribution in [0.15, 0.2) is 29.3 Å². The molecule has 0 aliphatic carbocycles. The zero-order valence-electron chi connectivity index (χ0n) is 15.9. The number of hydrogen-bond acceptors (Lipinski definition) is 4. The van der Waals surface area contributed by atoms with E-state index in [0.29, 0.717) is 37.7 Å². The van der Waals surface area contributed by atoms with Gasteiger partial charge in [0.05, 0.1) is 12.3 Å². The van der Waals surface area contributed by atoms with Gasteiger partial charge in [0.15, 0.2) is 5.96 Å². The fourth-order valence-electron chi connectivity index (χ4n) is 2.18. The normalized spacial score (nSPS) is 12.3. The van der Waals surface area contributed by atoms with E-state index in [-0.39, 0.29) is 5.75 Å². The molecule has 1 aromatic carbocycles. The standard InChI is InChI=1S/C17H29ClN4O3S/c1-5-26(23,24)22(4)12-6-11-20-17(19-2)21(3)13-14-25-16-9-7-15(18)8-10-16/h7-10H,5-6,11-14H2,1-4H3,(H,19,20). The van der Waals surface area contributed by atoms with Crippen molar-refractivity contribution in [3.05, 3.63) is 29.3 Å². The molecule has 0 bridgehead atoms. The number of aliphatic imine (C=N–C) groups is 1. The maximum Gasteiger partial charge on any atom is 0.213 e. The van der Waals surface area contributed by atoms with Gasteiger partial charge in [0, 0.05) is 39.3 Å². The van der Waals surface area contributed by atoms with Gasteiger partial charge in [-0.05, 0) is 37.6 Å². The highest BCUT2D eigenvalue weighted by molar-refractivity contribution is 7.89. The number of sulfonamides is 1. The van der Waals surface area contributed by atoms with E-state index < -0.39 is 10.0 Å². The van der Waals surface area contributed by atoms with Crippen molar-refractivity contribution in [3.8, 4) is 5.75 Å². The van der Waals surface area contributed by atoms with Crippen molar-refractivity contribution in [3.63, 3.8) is 0 Å². The van der Waals surface area contributed by atoms with E-state index in [2.05, 4.69) is 10.3 Å². The molecule has 0 amide bonds. The summed E-state index contributed by atoms with van der Waals surface area (Å²) in [6.45, 7) is 3.93. The highest BCUT2D eigenvalue weighted by Crippen LogP contribution is 2.15. The maximum atomic E-state index is 11.7. The first-order valence-corrected chi connectivity index (χ1v) is 10.5. The number of nitrogens with zero attached hydrogens (tertiary/aromatic N) is 3. The van der Waals surface area contributed by atoms with Gasteiger partial charge in [-0.1, -0.05) is 11.6 Å². The zero-order chi connectivity index (χ0) is 19.6. The van der Waals surface area contributed by atoms with Crippen LogP contribution in [0, 0.1) is 0 Å². The molecule has 0 unspecified atom stereocenters. The van der Waals surface area contributed by atoms with Crippen LogP contribution in [0.5, 0.6) is 5.75 Å². The van der Waals surface area contributed by atoms with Crippen molar-refractivity contribution in [2.45, 2.75) is 13.3 Å². The minimum absolute atomic E-state index is 0.120. The van der Waals surface area contributed by atoms with Gasteiger partial charge < -0.3 is 15.0 Å². The Hall–Kier alpha value is -1.51. The fourth-order valence-corrected chi connectivity index (χ4v) is 3.16. The second kappa shape index (κ2) is 11.3. The predicted octanol–water partition coefficient (Wildman–Crippen LogP) is 1.90. The molecule has 7 nitrogen and oxygen atoms in total. The molecule has 9 heteroatoms. The van der Waals surface area contributed by atoms with Gasteiger partial charge in [-0.25, -0.2) is 12.7 Å². The van der Waals surface area contributed by atoms with Gasteiger partial charge in [-0.2, -0.15) is 0 Å². The molecule has 0 spiro atoms. The van der Waals surface area contributed by atoms with Gasteiger partial charge in [0.2, 0.25) is 10.0 Å². The van der Waals surface area contributed by atoms with Crippen LogP contribution in [-0.2, 0) is 10.0 Å². The first-order valence-electron chi connectivity index (χ1n) is 8.54. The molecule has 0 saturated heterocycles. The number of hydrogen-bond donors (Lipinski definition) is 1. The first-order chi connectivity index (χ1) is 12.3. The molecule has 0 aliphatic heterocycles. The van der Waals surface area contributed by atoms with Crippen molar-refractivity contribution in [2.24, 2.45) is 4.99 Å². The second-order valence-electron chi connectivity index (χ2n) is 5.77. The Balaban J connectivity index is 2.31. The van der Waals surface area contributed by atoms with Crippen LogP contribution >= 0.6 is 11.6 Å². The summed E-state index contributed by atoms with van der Waals surface area (Å²) in [5.74, 6) is 1.63. The van der Waals surface area contributed by atoms with Crippen molar-refractivity contribution in [1.29, 1.82) is 0 Å². The Kier molecular flexibility index (Phi) is 9.75. The van der Waals surface area contributed by atoms with E-state index in [0.717, 1.165) is 11.7 Å². The van der Waals surface area contributed by atoms with Gasteiger partial charge in [-0.3, -0.25) is 4.99 Å². The van der Waals surface area contributed by atoms with E-state index in [4.69, 9.17) is 16.3 Å². The predicted molar refractivity (Wildman–Crippen MR) is 108 cm³/mol. The highest BCUT2D eigenvalue weighted by Gasteiger charge is 2.14. The topological polar surface area (TPSA) is 74.2 Å². The monoisotopic (exact) mass is 404 g/mol. The molecule has 0 aliphatic rings. The Bertz CT molecular complexity index is 665. The molecule has 1 N–H and O–H groups in total. The van der Waals surface area contributed by atoms with Gasteiger partial charge in [-0.15, -0.1) is 0 Å². The lowest BCUT2D eigenvalue weighted by Gasteiger charge is -2.22. The van der Waals surface area contributed by atoms with Crippen LogP contribution in [0.2, 0.25) is 5.02 Å². The number of guanidine groups is 1. The molecule has 1 aromatic rings. The Morgan fingerprint density at radius 3 is 2.46 bits per heavy atom. The summed E-state index contributed by atoms with van der Waals surface area (Å²) < 4.78 is 30.5. The molecule has 0 heterocycles. The molecule has 1 rings (SSSR count). The largest absolute Gasteiger partial charge is 0.492 e. The first kappa shape index (κ1) is 22.5. The van der Waals surface area contributed by atoms with E-state index in [9.17, 15) is 8.42 Å². The lowest BCUT2D eigenvalue weighted by molar-refractivity contribution is 0.281. The summed E-state index contributed by atoms with van der Waals surface area (Å²) >= 11 is 5.85. The maximum absolute atomic E-state index is 11.7. The summed E-state index contributed by atoms with van der Waals surface area (Å²) in [5, 5.41) is 3.91. The van der Waals surface area contributed by atoms with Crippen LogP contribution < -0.4 is 10.1 Å². The molecule has 0 aromatic heterocycles. The Morgan fingerprint density at radius 2 is 1.88 bits per heavy atom. The number of ether oxygens (including phenoxy) is 1. The third kappa shape index (κ3) is 7.80. The van der Waals surface area contributed by atoms with Crippen molar-refractivity contribution >= 4 is 27.6 Å². The van der Waals surface area contributed by atoms with Crippen LogP contribution in [0.3, 0.4) is 0 Å². The second-order valence-corrected chi connectivity index (χ2v) is 8.57. The summed E-state index contributed by atoms with van der Waals surface area (Å²) in [7, 11) is 2.12. The van der Waals surface area contributed by atoms with Crippen LogP contribution in [0.4, 0.5) is 0 Å². The minimum Gasteiger partial charge on any atom is -0.492 e. The summed E-state index contributed by atoms with van der Waals surface area (Å²) in [6, 6.07) is 7.24. The van der Waals surface area contributed by atoms with Crippen LogP contribution in [0.1, 0.15) is 13.3 Å². The molecule has 0 atom stereocenters. The number of benzene rings is 1. The van der Waals surface area contributed by atoms with Crippen molar-refractivity contribution in [1.82, 2.24) is 14.5 Å². The highest BCUT2D eigenvalue weighted by atomic mass is 35.5. The molecule has 148 valence electrons. The number of likely N-dealkylation sites (N-methyl/N-ethyl adjacent to an activating group) is 1. The van der Waals surface area contributed by atoms with Gasteiger partial charge in [0.25, 0.3) is 0 Å². The van der Waals surface area contributed by atoms with Gasteiger partial charge >= 0.3 is 0 Å². The Labute approximate surface area is 162 Å². The quantitative estimate of drug-likeness (QED) is 0.366. The molecule has 26 heavy (non-hydrogen) atoms. The molecular formula is C17H29ClN4O3S. The Morgan fingerprint density at radius 1 is 1.23 bits per heavy atom. The third-order valence-corrected chi connectivity index (χ3v) is 5.97. The van der Waals surface area contributed by atoms with Crippen LogP contribution in [0.25, 0.3) is 0 Å². The molecular weight excluding hydrogens is 376 g/mol. The summed E-state index contributed by atoms with van der Waals surface area (Å²) in [5.41, 5.74) is 0. The molecule has 0 saturated carbocycles. The minimum atomic E-state index is -3.12.